The van der Waals surface area contributed by atoms with Gasteiger partial charge in [-0.1, -0.05) is 50.6 Å². The van der Waals surface area contributed by atoms with Crippen molar-refractivity contribution in [3.8, 4) is 16.9 Å². The van der Waals surface area contributed by atoms with Crippen molar-refractivity contribution in [2.24, 2.45) is 11.8 Å². The molecule has 1 unspecified atom stereocenters. The Hall–Kier alpha value is -2.20. The number of nitrogens with zero attached hydrogens (tertiary/aromatic N) is 1. The summed E-state index contributed by atoms with van der Waals surface area (Å²) in [7, 11) is 0. The zero-order chi connectivity index (χ0) is 20.7. The standard InChI is InChI=1S/C25H29NO2S/c1-14(2)16(4)25(27)28-23-17(5)26-24-22(19-8-6-7-9-20(19)29-24)21(23)18-12-10-15(3)11-13-18/h10-14,16H,6-9H2,1-5H3. The van der Waals surface area contributed by atoms with Gasteiger partial charge in [-0.3, -0.25) is 4.79 Å². The Morgan fingerprint density at radius 3 is 2.45 bits per heavy atom. The number of rotatable bonds is 4. The smallest absolute Gasteiger partial charge is 0.314 e. The zero-order valence-electron chi connectivity index (χ0n) is 18.0. The Kier molecular flexibility index (Phi) is 5.48. The number of aromatic nitrogens is 1. The van der Waals surface area contributed by atoms with E-state index in [4.69, 9.17) is 9.72 Å². The molecule has 1 atom stereocenters. The van der Waals surface area contributed by atoms with Crippen molar-refractivity contribution in [3.05, 3.63) is 46.0 Å². The van der Waals surface area contributed by atoms with E-state index in [2.05, 4.69) is 45.0 Å². The number of fused-ring (bicyclic) bond motifs is 3. The number of aryl methyl sites for hydroxylation is 4. The van der Waals surface area contributed by atoms with Crippen LogP contribution in [0.4, 0.5) is 0 Å². The predicted molar refractivity (Wildman–Crippen MR) is 121 cm³/mol. The van der Waals surface area contributed by atoms with E-state index in [0.717, 1.165) is 34.5 Å². The fraction of sp³-hybridized carbons (Fsp3) is 0.440. The molecule has 0 bridgehead atoms. The molecule has 0 amide bonds. The number of hydrogen-bond acceptors (Lipinski definition) is 4. The Morgan fingerprint density at radius 2 is 1.76 bits per heavy atom. The maximum Gasteiger partial charge on any atom is 0.314 e. The van der Waals surface area contributed by atoms with Crippen LogP contribution in [0.25, 0.3) is 21.3 Å². The highest BCUT2D eigenvalue weighted by Crippen LogP contribution is 2.46. The van der Waals surface area contributed by atoms with Gasteiger partial charge in [-0.05, 0) is 56.6 Å². The Balaban J connectivity index is 1.96. The Labute approximate surface area is 177 Å². The SMILES string of the molecule is Cc1ccc(-c2c(OC(=O)C(C)C(C)C)c(C)nc3sc4c(c23)CCCC4)cc1. The molecule has 3 aromatic rings. The van der Waals surface area contributed by atoms with Crippen LogP contribution < -0.4 is 4.74 Å². The molecule has 0 aliphatic heterocycles. The molecule has 3 nitrogen and oxygen atoms in total. The monoisotopic (exact) mass is 407 g/mol. The quantitative estimate of drug-likeness (QED) is 0.454. The molecule has 0 N–H and O–H groups in total. The summed E-state index contributed by atoms with van der Waals surface area (Å²) in [5.41, 5.74) is 5.55. The second-order valence-electron chi connectivity index (χ2n) is 8.61. The van der Waals surface area contributed by atoms with Crippen molar-refractivity contribution in [1.29, 1.82) is 0 Å². The van der Waals surface area contributed by atoms with E-state index >= 15 is 0 Å². The molecular formula is C25H29NO2S. The van der Waals surface area contributed by atoms with Gasteiger partial charge in [0.2, 0.25) is 0 Å². The summed E-state index contributed by atoms with van der Waals surface area (Å²) in [5, 5.41) is 1.19. The third kappa shape index (κ3) is 3.71. The second kappa shape index (κ2) is 7.91. The normalized spacial score (nSPS) is 14.8. The number of hydrogen-bond donors (Lipinski definition) is 0. The number of pyridine rings is 1. The van der Waals surface area contributed by atoms with Crippen molar-refractivity contribution in [2.45, 2.75) is 60.3 Å². The van der Waals surface area contributed by atoms with Crippen LogP contribution >= 0.6 is 11.3 Å². The summed E-state index contributed by atoms with van der Waals surface area (Å²) >= 11 is 1.81. The molecule has 0 spiro atoms. The average Bonchev–Trinajstić information content (AvgIpc) is 3.06. The lowest BCUT2D eigenvalue weighted by atomic mass is 9.91. The highest BCUT2D eigenvalue weighted by Gasteiger charge is 2.27. The van der Waals surface area contributed by atoms with Gasteiger partial charge >= 0.3 is 5.97 Å². The molecule has 29 heavy (non-hydrogen) atoms. The first-order chi connectivity index (χ1) is 13.9. The summed E-state index contributed by atoms with van der Waals surface area (Å²) in [6, 6.07) is 8.52. The molecular weight excluding hydrogens is 378 g/mol. The molecule has 4 rings (SSSR count). The van der Waals surface area contributed by atoms with Crippen molar-refractivity contribution in [1.82, 2.24) is 4.98 Å². The fourth-order valence-electron chi connectivity index (χ4n) is 3.97. The van der Waals surface area contributed by atoms with Crippen LogP contribution in [-0.4, -0.2) is 11.0 Å². The maximum absolute atomic E-state index is 12.9. The van der Waals surface area contributed by atoms with Crippen LogP contribution in [-0.2, 0) is 17.6 Å². The molecule has 1 aromatic carbocycles. The molecule has 0 radical (unpaired) electrons. The molecule has 152 valence electrons. The van der Waals surface area contributed by atoms with Gasteiger partial charge in [-0.2, -0.15) is 0 Å². The molecule has 0 saturated carbocycles. The molecule has 2 aromatic heterocycles. The van der Waals surface area contributed by atoms with Gasteiger partial charge in [0, 0.05) is 15.8 Å². The van der Waals surface area contributed by atoms with Crippen LogP contribution in [0, 0.1) is 25.7 Å². The number of thiophene rings is 1. The molecule has 1 aliphatic carbocycles. The highest BCUT2D eigenvalue weighted by atomic mass is 32.1. The van der Waals surface area contributed by atoms with E-state index in [1.54, 1.807) is 0 Å². The topological polar surface area (TPSA) is 39.2 Å². The predicted octanol–water partition coefficient (Wildman–Crippen LogP) is 6.66. The van der Waals surface area contributed by atoms with E-state index in [1.807, 2.05) is 25.2 Å². The van der Waals surface area contributed by atoms with Gasteiger partial charge in [0.15, 0.2) is 5.75 Å². The highest BCUT2D eigenvalue weighted by molar-refractivity contribution is 7.19. The van der Waals surface area contributed by atoms with Gasteiger partial charge in [-0.25, -0.2) is 4.98 Å². The van der Waals surface area contributed by atoms with Crippen LogP contribution in [0.5, 0.6) is 5.75 Å². The Bertz CT molecular complexity index is 1060. The summed E-state index contributed by atoms with van der Waals surface area (Å²) < 4.78 is 6.06. The molecule has 4 heteroatoms. The van der Waals surface area contributed by atoms with Crippen LogP contribution in [0.1, 0.15) is 55.3 Å². The number of ether oxygens (including phenoxy) is 1. The van der Waals surface area contributed by atoms with Crippen molar-refractivity contribution < 1.29 is 9.53 Å². The first kappa shape index (κ1) is 20.1. The van der Waals surface area contributed by atoms with Crippen molar-refractivity contribution in [2.75, 3.05) is 0 Å². The zero-order valence-corrected chi connectivity index (χ0v) is 18.8. The van der Waals surface area contributed by atoms with E-state index < -0.39 is 0 Å². The number of carbonyl (C=O) groups is 1. The summed E-state index contributed by atoms with van der Waals surface area (Å²) in [4.78, 5) is 20.3. The third-order valence-electron chi connectivity index (χ3n) is 6.14. The van der Waals surface area contributed by atoms with Gasteiger partial charge in [0.1, 0.15) is 4.83 Å². The third-order valence-corrected chi connectivity index (χ3v) is 7.33. The van der Waals surface area contributed by atoms with Crippen LogP contribution in [0.15, 0.2) is 24.3 Å². The maximum atomic E-state index is 12.9. The lowest BCUT2D eigenvalue weighted by Crippen LogP contribution is -2.23. The van der Waals surface area contributed by atoms with Crippen molar-refractivity contribution in [3.63, 3.8) is 0 Å². The van der Waals surface area contributed by atoms with E-state index in [1.165, 1.54) is 34.2 Å². The van der Waals surface area contributed by atoms with Crippen molar-refractivity contribution >= 4 is 27.5 Å². The summed E-state index contributed by atoms with van der Waals surface area (Å²) in [5.74, 6) is 0.523. The fourth-order valence-corrected chi connectivity index (χ4v) is 5.29. The van der Waals surface area contributed by atoms with Crippen LogP contribution in [0.3, 0.4) is 0 Å². The average molecular weight is 408 g/mol. The minimum absolute atomic E-state index is 0.160. The summed E-state index contributed by atoms with van der Waals surface area (Å²) in [6.45, 7) is 10.1. The first-order valence-electron chi connectivity index (χ1n) is 10.6. The number of benzene rings is 1. The van der Waals surface area contributed by atoms with E-state index in [0.29, 0.717) is 5.75 Å². The number of carbonyl (C=O) groups excluding carboxylic acids is 1. The summed E-state index contributed by atoms with van der Waals surface area (Å²) in [6.07, 6.45) is 4.66. The lowest BCUT2D eigenvalue weighted by molar-refractivity contribution is -0.139. The minimum Gasteiger partial charge on any atom is -0.424 e. The molecule has 1 aliphatic rings. The van der Waals surface area contributed by atoms with E-state index in [9.17, 15) is 4.79 Å². The largest absolute Gasteiger partial charge is 0.424 e. The number of esters is 1. The van der Waals surface area contributed by atoms with E-state index in [-0.39, 0.29) is 17.8 Å². The Morgan fingerprint density at radius 1 is 1.07 bits per heavy atom. The van der Waals surface area contributed by atoms with Gasteiger partial charge in [0.25, 0.3) is 0 Å². The van der Waals surface area contributed by atoms with Gasteiger partial charge in [-0.15, -0.1) is 11.3 Å². The van der Waals surface area contributed by atoms with Crippen LogP contribution in [0.2, 0.25) is 0 Å². The van der Waals surface area contributed by atoms with Gasteiger partial charge < -0.3 is 4.74 Å². The molecule has 0 fully saturated rings. The first-order valence-corrected chi connectivity index (χ1v) is 11.4. The second-order valence-corrected chi connectivity index (χ2v) is 9.70. The minimum atomic E-state index is -0.179. The molecule has 0 saturated heterocycles. The lowest BCUT2D eigenvalue weighted by Gasteiger charge is -2.19. The van der Waals surface area contributed by atoms with Gasteiger partial charge in [0.05, 0.1) is 11.6 Å². The molecule has 2 heterocycles.